The zero-order valence-electron chi connectivity index (χ0n) is 14.4. The lowest BCUT2D eigenvalue weighted by molar-refractivity contribution is -0.693. The van der Waals surface area contributed by atoms with Crippen molar-refractivity contribution in [3.63, 3.8) is 0 Å². The van der Waals surface area contributed by atoms with Crippen LogP contribution in [0.15, 0.2) is 24.3 Å². The number of nitrogens with zero attached hydrogens (tertiary/aromatic N) is 3. The van der Waals surface area contributed by atoms with E-state index >= 15 is 0 Å². The average molecular weight is 356 g/mol. The number of nitrogens with two attached hydrogens (primary N) is 1. The highest BCUT2D eigenvalue weighted by Crippen LogP contribution is 2.79. The summed E-state index contributed by atoms with van der Waals surface area (Å²) < 4.78 is 11.5. The van der Waals surface area contributed by atoms with Gasteiger partial charge in [0, 0.05) is 11.6 Å². The van der Waals surface area contributed by atoms with Gasteiger partial charge in [-0.3, -0.25) is 15.8 Å². The summed E-state index contributed by atoms with van der Waals surface area (Å²) in [6.45, 7) is 3.82. The van der Waals surface area contributed by atoms with Crippen LogP contribution >= 0.6 is 0 Å². The molecule has 1 aromatic rings. The number of nitriles is 2. The van der Waals surface area contributed by atoms with Gasteiger partial charge in [-0.1, -0.05) is 18.2 Å². The molecule has 134 valence electrons. The van der Waals surface area contributed by atoms with E-state index in [1.165, 1.54) is 18.2 Å². The Bertz CT molecular complexity index is 880. The van der Waals surface area contributed by atoms with Gasteiger partial charge in [0.1, 0.15) is 0 Å². The van der Waals surface area contributed by atoms with E-state index in [4.69, 9.17) is 15.2 Å². The molecule has 0 spiro atoms. The Hall–Kier alpha value is -3.01. The molecule has 9 nitrogen and oxygen atoms in total. The zero-order chi connectivity index (χ0) is 19.2. The Kier molecular flexibility index (Phi) is 3.95. The molecule has 0 bridgehead atoms. The fourth-order valence-corrected chi connectivity index (χ4v) is 4.22. The molecule has 0 saturated heterocycles. The summed E-state index contributed by atoms with van der Waals surface area (Å²) in [6, 6.07) is 10.3. The first kappa shape index (κ1) is 17.8. The fourth-order valence-electron chi connectivity index (χ4n) is 4.22. The van der Waals surface area contributed by atoms with Gasteiger partial charge in [-0.2, -0.15) is 10.5 Å². The lowest BCUT2D eigenvalue weighted by Gasteiger charge is -2.29. The highest BCUT2D eigenvalue weighted by atomic mass is 16.7. The van der Waals surface area contributed by atoms with E-state index in [0.717, 1.165) is 0 Å². The number of ether oxygens (including phenoxy) is 2. The molecule has 1 aliphatic heterocycles. The normalized spacial score (nSPS) is 30.6. The molecule has 1 aliphatic carbocycles. The van der Waals surface area contributed by atoms with Gasteiger partial charge in [-0.25, -0.2) is 4.99 Å². The number of benzene rings is 1. The smallest absolute Gasteiger partial charge is 0.314 e. The minimum Gasteiger partial charge on any atom is -0.314 e. The molecule has 1 heterocycles. The molecular weight excluding hydrogens is 338 g/mol. The average Bonchev–Trinajstić information content (AvgIpc) is 3.20. The van der Waals surface area contributed by atoms with Crippen molar-refractivity contribution in [2.75, 3.05) is 13.2 Å². The first-order chi connectivity index (χ1) is 12.4. The molecule has 2 aliphatic rings. The monoisotopic (exact) mass is 356 g/mol. The van der Waals surface area contributed by atoms with Gasteiger partial charge in [-0.05, 0) is 13.8 Å². The summed E-state index contributed by atoms with van der Waals surface area (Å²) in [5.41, 5.74) is 3.17. The predicted octanol–water partition coefficient (Wildman–Crippen LogP) is -0.110. The molecular formula is C17H18N5O4+. The number of nitrogens with one attached hydrogen (secondary N) is 1. The van der Waals surface area contributed by atoms with Crippen LogP contribution in [0.25, 0.3) is 0 Å². The second-order valence-corrected chi connectivity index (χ2v) is 6.11. The van der Waals surface area contributed by atoms with Crippen molar-refractivity contribution in [3.8, 4) is 12.1 Å². The van der Waals surface area contributed by atoms with Crippen molar-refractivity contribution in [1.29, 1.82) is 10.5 Å². The second kappa shape index (κ2) is 5.77. The zero-order valence-corrected chi connectivity index (χ0v) is 14.4. The van der Waals surface area contributed by atoms with Crippen molar-refractivity contribution in [2.45, 2.75) is 25.7 Å². The molecule has 3 atom stereocenters. The summed E-state index contributed by atoms with van der Waals surface area (Å²) in [5.74, 6) is -2.49. The van der Waals surface area contributed by atoms with Gasteiger partial charge in [0.2, 0.25) is 0 Å². The van der Waals surface area contributed by atoms with Crippen molar-refractivity contribution in [2.24, 2.45) is 16.6 Å². The lowest BCUT2D eigenvalue weighted by atomic mass is 9.93. The minimum absolute atomic E-state index is 0.0200. The number of hydrogen-bond acceptors (Lipinski definition) is 7. The van der Waals surface area contributed by atoms with E-state index in [0.29, 0.717) is 0 Å². The number of nitro benzene ring substituents is 1. The van der Waals surface area contributed by atoms with Crippen LogP contribution in [0.4, 0.5) is 5.69 Å². The van der Waals surface area contributed by atoms with Crippen LogP contribution in [0, 0.1) is 43.6 Å². The van der Waals surface area contributed by atoms with Crippen molar-refractivity contribution < 1.29 is 19.4 Å². The third-order valence-corrected chi connectivity index (χ3v) is 5.14. The number of hydrogen-bond donors (Lipinski definition) is 2. The molecule has 3 rings (SSSR count). The summed E-state index contributed by atoms with van der Waals surface area (Å²) in [6.07, 6.45) is 0. The molecule has 26 heavy (non-hydrogen) atoms. The molecule has 1 aromatic carbocycles. The summed E-state index contributed by atoms with van der Waals surface area (Å²) >= 11 is 0. The first-order valence-corrected chi connectivity index (χ1v) is 8.17. The summed E-state index contributed by atoms with van der Waals surface area (Å²) in [4.78, 5) is 13.8. The van der Waals surface area contributed by atoms with Gasteiger partial charge >= 0.3 is 5.91 Å². The number of nitro groups is 1. The van der Waals surface area contributed by atoms with Crippen LogP contribution in [0.1, 0.15) is 25.3 Å². The molecule has 0 unspecified atom stereocenters. The minimum atomic E-state index is -1.65. The maximum absolute atomic E-state index is 11.5. The molecule has 1 fully saturated rings. The molecule has 1 saturated carbocycles. The maximum Gasteiger partial charge on any atom is 0.343 e. The van der Waals surface area contributed by atoms with E-state index < -0.39 is 27.6 Å². The Balaban J connectivity index is 2.28. The Morgan fingerprint density at radius 3 is 2.38 bits per heavy atom. The fraction of sp³-hybridized carbons (Fsp3) is 0.471. The van der Waals surface area contributed by atoms with Crippen LogP contribution in [0.2, 0.25) is 0 Å². The molecule has 0 aromatic heterocycles. The summed E-state index contributed by atoms with van der Waals surface area (Å²) in [7, 11) is 0. The van der Waals surface area contributed by atoms with E-state index in [2.05, 4.69) is 17.1 Å². The van der Waals surface area contributed by atoms with Crippen LogP contribution < -0.4 is 10.7 Å². The van der Waals surface area contributed by atoms with Crippen LogP contribution in [0.3, 0.4) is 0 Å². The number of amidine groups is 1. The van der Waals surface area contributed by atoms with Crippen molar-refractivity contribution in [3.05, 3.63) is 39.9 Å². The van der Waals surface area contributed by atoms with Crippen molar-refractivity contribution >= 4 is 11.5 Å². The van der Waals surface area contributed by atoms with Gasteiger partial charge in [0.15, 0.2) is 10.8 Å². The van der Waals surface area contributed by atoms with Gasteiger partial charge < -0.3 is 9.47 Å². The van der Waals surface area contributed by atoms with E-state index in [1.54, 1.807) is 19.9 Å². The standard InChI is InChI=1S/C17H17N5O4/c1-3-25-17(26-4-2)16(10-19)13(15(16,9-18)14(20)21-17)11-7-5-6-8-12(11)22(23)24/h5-8,13H,3-4H2,1-2H3,(H2,20,21)/p+1/t13-,15-,16-/m1/s1. The number of para-hydroxylation sites is 1. The van der Waals surface area contributed by atoms with Gasteiger partial charge in [0.05, 0.1) is 36.2 Å². The molecule has 3 N–H and O–H groups in total. The summed E-state index contributed by atoms with van der Waals surface area (Å²) in [5, 5.41) is 31.5. The van der Waals surface area contributed by atoms with Crippen LogP contribution in [0.5, 0.6) is 0 Å². The Labute approximate surface area is 149 Å². The molecule has 0 amide bonds. The third kappa shape index (κ3) is 1.76. The molecule has 0 radical (unpaired) electrons. The number of fused-ring (bicyclic) bond motifs is 1. The first-order valence-electron chi connectivity index (χ1n) is 8.17. The van der Waals surface area contributed by atoms with E-state index in [9.17, 15) is 20.6 Å². The predicted molar refractivity (Wildman–Crippen MR) is 88.1 cm³/mol. The van der Waals surface area contributed by atoms with Gasteiger partial charge in [0.25, 0.3) is 11.5 Å². The highest BCUT2D eigenvalue weighted by Gasteiger charge is 2.97. The third-order valence-electron chi connectivity index (χ3n) is 5.14. The van der Waals surface area contributed by atoms with E-state index in [-0.39, 0.29) is 30.3 Å². The van der Waals surface area contributed by atoms with E-state index in [1.807, 2.05) is 0 Å². The quantitative estimate of drug-likeness (QED) is 0.410. The number of rotatable bonds is 6. The molecule has 9 heteroatoms. The topological polar surface area (TPSA) is 149 Å². The van der Waals surface area contributed by atoms with Crippen LogP contribution in [-0.4, -0.2) is 29.9 Å². The van der Waals surface area contributed by atoms with Crippen molar-refractivity contribution in [1.82, 2.24) is 0 Å². The Morgan fingerprint density at radius 2 is 1.88 bits per heavy atom. The maximum atomic E-state index is 11.5. The van der Waals surface area contributed by atoms with Crippen LogP contribution in [-0.2, 0) is 9.47 Å². The second-order valence-electron chi connectivity index (χ2n) is 6.11. The largest absolute Gasteiger partial charge is 0.343 e. The Morgan fingerprint density at radius 1 is 1.27 bits per heavy atom. The highest BCUT2D eigenvalue weighted by molar-refractivity contribution is 5.95. The lowest BCUT2D eigenvalue weighted by Crippen LogP contribution is -2.91. The van der Waals surface area contributed by atoms with Gasteiger partial charge in [-0.15, -0.1) is 0 Å². The SMILES string of the molecule is CCOC1(OCC)[NH+]=C(N)[C@@]2(C#N)[C@@H](c3ccccc3[N+](=O)[O-])[C@@]12C#N.